The third-order valence-electron chi connectivity index (χ3n) is 2.35. The number of rotatable bonds is 7. The number of hydrogen-bond donors (Lipinski definition) is 1. The zero-order valence-corrected chi connectivity index (χ0v) is 10.8. The minimum absolute atomic E-state index is 0.130. The molecular formula is C12H16N2O5. The molecule has 7 heteroatoms. The number of anilines is 1. The zero-order chi connectivity index (χ0) is 14.3. The van der Waals surface area contributed by atoms with Crippen molar-refractivity contribution in [2.45, 2.75) is 13.3 Å². The van der Waals surface area contributed by atoms with E-state index in [4.69, 9.17) is 4.74 Å². The van der Waals surface area contributed by atoms with Gasteiger partial charge in [-0.1, -0.05) is 6.07 Å². The normalized spacial score (nSPS) is 9.79. The summed E-state index contributed by atoms with van der Waals surface area (Å²) in [7, 11) is 1.29. The Morgan fingerprint density at radius 3 is 2.79 bits per heavy atom. The molecule has 7 nitrogen and oxygen atoms in total. The number of benzene rings is 1. The highest BCUT2D eigenvalue weighted by Crippen LogP contribution is 2.34. The Balaban J connectivity index is 2.84. The Bertz CT molecular complexity index is 461. The molecule has 1 aromatic carbocycles. The molecule has 0 aliphatic carbocycles. The first-order chi connectivity index (χ1) is 9.10. The maximum absolute atomic E-state index is 11.1. The number of esters is 1. The Morgan fingerprint density at radius 1 is 1.47 bits per heavy atom. The van der Waals surface area contributed by atoms with E-state index in [9.17, 15) is 14.9 Å². The van der Waals surface area contributed by atoms with Gasteiger partial charge >= 0.3 is 11.7 Å². The molecule has 0 aromatic heterocycles. The Hall–Kier alpha value is -2.31. The van der Waals surface area contributed by atoms with Crippen molar-refractivity contribution in [2.75, 3.05) is 25.6 Å². The van der Waals surface area contributed by atoms with Crippen LogP contribution in [0, 0.1) is 10.1 Å². The van der Waals surface area contributed by atoms with Crippen LogP contribution in [0.3, 0.4) is 0 Å². The summed E-state index contributed by atoms with van der Waals surface area (Å²) in [4.78, 5) is 21.5. The molecule has 0 amide bonds. The van der Waals surface area contributed by atoms with Crippen LogP contribution < -0.4 is 10.1 Å². The van der Waals surface area contributed by atoms with Crippen molar-refractivity contribution >= 4 is 17.3 Å². The van der Waals surface area contributed by atoms with E-state index >= 15 is 0 Å². The first-order valence-electron chi connectivity index (χ1n) is 5.81. The second-order valence-electron chi connectivity index (χ2n) is 3.60. The predicted molar refractivity (Wildman–Crippen MR) is 69.4 cm³/mol. The fourth-order valence-corrected chi connectivity index (χ4v) is 1.53. The third-order valence-corrected chi connectivity index (χ3v) is 2.35. The lowest BCUT2D eigenvalue weighted by Gasteiger charge is -2.09. The number of carbonyl (C=O) groups excluding carboxylic acids is 1. The topological polar surface area (TPSA) is 90.7 Å². The first kappa shape index (κ1) is 14.7. The van der Waals surface area contributed by atoms with Crippen molar-refractivity contribution < 1.29 is 19.2 Å². The number of methoxy groups -OCH3 is 1. The summed E-state index contributed by atoms with van der Waals surface area (Å²) in [6.07, 6.45) is 0.131. The molecule has 0 atom stereocenters. The molecule has 0 aliphatic rings. The van der Waals surface area contributed by atoms with Crippen molar-refractivity contribution in [1.82, 2.24) is 0 Å². The van der Waals surface area contributed by atoms with Crippen LogP contribution in [0.15, 0.2) is 18.2 Å². The molecule has 0 aliphatic heterocycles. The molecule has 0 saturated heterocycles. The molecule has 104 valence electrons. The number of nitro benzene ring substituents is 1. The van der Waals surface area contributed by atoms with E-state index in [2.05, 4.69) is 10.1 Å². The molecule has 19 heavy (non-hydrogen) atoms. The summed E-state index contributed by atoms with van der Waals surface area (Å²) < 4.78 is 9.70. The summed E-state index contributed by atoms with van der Waals surface area (Å²) in [5.41, 5.74) is 0.189. The molecule has 0 radical (unpaired) electrons. The first-order valence-corrected chi connectivity index (χ1v) is 5.81. The van der Waals surface area contributed by atoms with E-state index < -0.39 is 4.92 Å². The van der Waals surface area contributed by atoms with Gasteiger partial charge in [0.2, 0.25) is 0 Å². The molecule has 1 aromatic rings. The van der Waals surface area contributed by atoms with Gasteiger partial charge in [-0.2, -0.15) is 0 Å². The molecule has 0 saturated carbocycles. The molecule has 1 rings (SSSR count). The van der Waals surface area contributed by atoms with E-state index in [1.54, 1.807) is 19.1 Å². The molecule has 0 heterocycles. The number of nitro groups is 1. The molecular weight excluding hydrogens is 252 g/mol. The second kappa shape index (κ2) is 7.20. The van der Waals surface area contributed by atoms with Crippen molar-refractivity contribution in [2.24, 2.45) is 0 Å². The Labute approximate surface area is 110 Å². The van der Waals surface area contributed by atoms with E-state index in [-0.39, 0.29) is 30.4 Å². The van der Waals surface area contributed by atoms with Gasteiger partial charge in [0.25, 0.3) is 0 Å². The van der Waals surface area contributed by atoms with E-state index in [0.29, 0.717) is 12.3 Å². The maximum Gasteiger partial charge on any atom is 0.333 e. The van der Waals surface area contributed by atoms with Crippen LogP contribution in [0.1, 0.15) is 13.3 Å². The number of nitrogens with zero attached hydrogens (tertiary/aromatic N) is 1. The van der Waals surface area contributed by atoms with Crippen LogP contribution in [-0.2, 0) is 9.53 Å². The van der Waals surface area contributed by atoms with Gasteiger partial charge in [0.1, 0.15) is 5.69 Å². The van der Waals surface area contributed by atoms with Gasteiger partial charge in [0, 0.05) is 6.54 Å². The smallest absolute Gasteiger partial charge is 0.333 e. The van der Waals surface area contributed by atoms with Crippen LogP contribution in [0.4, 0.5) is 11.4 Å². The number of carbonyl (C=O) groups is 1. The third kappa shape index (κ3) is 4.13. The second-order valence-corrected chi connectivity index (χ2v) is 3.60. The Morgan fingerprint density at radius 2 is 2.21 bits per heavy atom. The molecule has 0 fully saturated rings. The fourth-order valence-electron chi connectivity index (χ4n) is 1.53. The lowest BCUT2D eigenvalue weighted by Crippen LogP contribution is -2.11. The highest BCUT2D eigenvalue weighted by Gasteiger charge is 2.20. The number of nitrogens with one attached hydrogen (secondary N) is 1. The van der Waals surface area contributed by atoms with Crippen molar-refractivity contribution in [1.29, 1.82) is 0 Å². The highest BCUT2D eigenvalue weighted by molar-refractivity contribution is 5.71. The van der Waals surface area contributed by atoms with Crippen LogP contribution >= 0.6 is 0 Å². The van der Waals surface area contributed by atoms with Gasteiger partial charge in [0.15, 0.2) is 5.75 Å². The Kier molecular flexibility index (Phi) is 5.59. The predicted octanol–water partition coefficient (Wildman–Crippen LogP) is 1.97. The van der Waals surface area contributed by atoms with Crippen molar-refractivity contribution in [3.05, 3.63) is 28.3 Å². The van der Waals surface area contributed by atoms with Gasteiger partial charge in [-0.3, -0.25) is 14.9 Å². The van der Waals surface area contributed by atoms with E-state index in [1.165, 1.54) is 13.2 Å². The van der Waals surface area contributed by atoms with Crippen LogP contribution in [-0.4, -0.2) is 31.2 Å². The van der Waals surface area contributed by atoms with Gasteiger partial charge in [-0.25, -0.2) is 0 Å². The molecule has 0 unspecified atom stereocenters. The summed E-state index contributed by atoms with van der Waals surface area (Å²) in [5.74, 6) is -0.174. The zero-order valence-electron chi connectivity index (χ0n) is 10.8. The SMILES string of the molecule is CCOc1cccc(NCCC(=O)OC)c1[N+](=O)[O-]. The van der Waals surface area contributed by atoms with Gasteiger partial charge in [0.05, 0.1) is 25.1 Å². The summed E-state index contributed by atoms with van der Waals surface area (Å²) in [5, 5.41) is 13.9. The van der Waals surface area contributed by atoms with E-state index in [0.717, 1.165) is 0 Å². The molecule has 0 bridgehead atoms. The monoisotopic (exact) mass is 268 g/mol. The summed E-state index contributed by atoms with van der Waals surface area (Å²) >= 11 is 0. The quantitative estimate of drug-likeness (QED) is 0.462. The maximum atomic E-state index is 11.1. The summed E-state index contributed by atoms with van der Waals surface area (Å²) in [6.45, 7) is 2.34. The average molecular weight is 268 g/mol. The minimum atomic E-state index is -0.508. The van der Waals surface area contributed by atoms with Gasteiger partial charge in [-0.15, -0.1) is 0 Å². The number of hydrogen-bond acceptors (Lipinski definition) is 6. The number of para-hydroxylation sites is 1. The van der Waals surface area contributed by atoms with Crippen LogP contribution in [0.5, 0.6) is 5.75 Å². The van der Waals surface area contributed by atoms with Crippen molar-refractivity contribution in [3.63, 3.8) is 0 Å². The van der Waals surface area contributed by atoms with Crippen LogP contribution in [0.25, 0.3) is 0 Å². The molecule has 1 N–H and O–H groups in total. The average Bonchev–Trinajstić information content (AvgIpc) is 2.38. The summed E-state index contributed by atoms with van der Waals surface area (Å²) in [6, 6.07) is 4.75. The fraction of sp³-hybridized carbons (Fsp3) is 0.417. The van der Waals surface area contributed by atoms with Gasteiger partial charge in [-0.05, 0) is 19.1 Å². The standard InChI is InChI=1S/C12H16N2O5/c1-3-19-10-6-4-5-9(12(10)14(16)17)13-8-7-11(15)18-2/h4-6,13H,3,7-8H2,1-2H3. The number of ether oxygens (including phenoxy) is 2. The van der Waals surface area contributed by atoms with Gasteiger partial charge < -0.3 is 14.8 Å². The van der Waals surface area contributed by atoms with E-state index in [1.807, 2.05) is 0 Å². The lowest BCUT2D eigenvalue weighted by molar-refractivity contribution is -0.384. The lowest BCUT2D eigenvalue weighted by atomic mass is 10.2. The van der Waals surface area contributed by atoms with Crippen LogP contribution in [0.2, 0.25) is 0 Å². The minimum Gasteiger partial charge on any atom is -0.487 e. The highest BCUT2D eigenvalue weighted by atomic mass is 16.6. The largest absolute Gasteiger partial charge is 0.487 e. The molecule has 0 spiro atoms. The van der Waals surface area contributed by atoms with Crippen molar-refractivity contribution in [3.8, 4) is 5.75 Å².